The minimum atomic E-state index is -0.443. The Morgan fingerprint density at radius 3 is 2.73 bits per heavy atom. The number of rotatable bonds is 11. The molecule has 0 amide bonds. The first kappa shape index (κ1) is 26.7. The molecule has 1 atom stereocenters. The number of aliphatic imine (C=N–C) groups is 1. The smallest absolute Gasteiger partial charge is 0.185 e. The topological polar surface area (TPSA) is 134 Å². The average Bonchev–Trinajstić information content (AvgIpc) is 3.31. The SMILES string of the molecule is CC(CN)Cc1cc(Cl)c(F)c(-c2cc3c([nH]2)=NCN(c2ccc(CNCCCN=C(N)N)cc2)C=3)c1. The molecule has 0 saturated heterocycles. The number of nitrogens with one attached hydrogen (secondary N) is 2. The van der Waals surface area contributed by atoms with E-state index < -0.39 is 5.82 Å². The molecule has 1 unspecified atom stereocenters. The lowest BCUT2D eigenvalue weighted by Crippen LogP contribution is -2.34. The third kappa shape index (κ3) is 6.88. The van der Waals surface area contributed by atoms with Crippen LogP contribution in [0, 0.1) is 11.7 Å². The minimum absolute atomic E-state index is 0.107. The molecule has 0 aliphatic carbocycles. The van der Waals surface area contributed by atoms with Gasteiger partial charge in [0.2, 0.25) is 0 Å². The van der Waals surface area contributed by atoms with E-state index in [2.05, 4.69) is 56.4 Å². The molecule has 8 N–H and O–H groups in total. The summed E-state index contributed by atoms with van der Waals surface area (Å²) < 4.78 is 15.0. The molecule has 1 aliphatic rings. The van der Waals surface area contributed by atoms with Crippen molar-refractivity contribution >= 4 is 29.4 Å². The van der Waals surface area contributed by atoms with Crippen LogP contribution in [0.5, 0.6) is 0 Å². The maximum atomic E-state index is 15.0. The summed E-state index contributed by atoms with van der Waals surface area (Å²) in [5, 5.41) is 4.39. The number of benzene rings is 2. The second kappa shape index (κ2) is 12.2. The predicted molar refractivity (Wildman–Crippen MR) is 149 cm³/mol. The van der Waals surface area contributed by atoms with E-state index in [9.17, 15) is 4.39 Å². The van der Waals surface area contributed by atoms with Crippen LogP contribution in [-0.2, 0) is 13.0 Å². The number of aromatic amines is 1. The highest BCUT2D eigenvalue weighted by molar-refractivity contribution is 6.31. The monoisotopic (exact) mass is 524 g/mol. The molecule has 10 heteroatoms. The van der Waals surface area contributed by atoms with Crippen molar-refractivity contribution in [3.63, 3.8) is 0 Å². The van der Waals surface area contributed by atoms with Crippen molar-refractivity contribution in [1.82, 2.24) is 10.3 Å². The van der Waals surface area contributed by atoms with E-state index in [0.717, 1.165) is 47.9 Å². The van der Waals surface area contributed by atoms with Crippen molar-refractivity contribution in [2.75, 3.05) is 31.2 Å². The number of hydrogen-bond donors (Lipinski definition) is 5. The highest BCUT2D eigenvalue weighted by Gasteiger charge is 2.16. The molecule has 37 heavy (non-hydrogen) atoms. The number of nitrogens with zero attached hydrogens (tertiary/aromatic N) is 3. The van der Waals surface area contributed by atoms with Gasteiger partial charge in [-0.25, -0.2) is 9.38 Å². The zero-order chi connectivity index (χ0) is 26.4. The van der Waals surface area contributed by atoms with Gasteiger partial charge in [-0.2, -0.15) is 0 Å². The van der Waals surface area contributed by atoms with Gasteiger partial charge in [0, 0.05) is 35.8 Å². The number of fused-ring (bicyclic) bond motifs is 1. The van der Waals surface area contributed by atoms with E-state index in [-0.39, 0.29) is 16.9 Å². The maximum absolute atomic E-state index is 15.0. The fraction of sp³-hybridized carbons (Fsp3) is 0.333. The van der Waals surface area contributed by atoms with E-state index in [1.54, 1.807) is 6.07 Å². The van der Waals surface area contributed by atoms with Crippen molar-refractivity contribution in [2.45, 2.75) is 26.3 Å². The van der Waals surface area contributed by atoms with Gasteiger partial charge in [-0.15, -0.1) is 0 Å². The van der Waals surface area contributed by atoms with Crippen molar-refractivity contribution in [1.29, 1.82) is 0 Å². The van der Waals surface area contributed by atoms with Gasteiger partial charge in [0.05, 0.1) is 10.7 Å². The Morgan fingerprint density at radius 2 is 2.00 bits per heavy atom. The second-order valence-corrected chi connectivity index (χ2v) is 9.78. The molecule has 196 valence electrons. The van der Waals surface area contributed by atoms with Crippen LogP contribution >= 0.6 is 11.6 Å². The van der Waals surface area contributed by atoms with Crippen LogP contribution < -0.4 is 38.1 Å². The Labute approximate surface area is 221 Å². The Kier molecular flexibility index (Phi) is 8.81. The van der Waals surface area contributed by atoms with E-state index in [0.29, 0.717) is 31.0 Å². The lowest BCUT2D eigenvalue weighted by molar-refractivity contribution is 0.590. The van der Waals surface area contributed by atoms with Crippen LogP contribution in [-0.4, -0.2) is 37.2 Å². The van der Waals surface area contributed by atoms with E-state index in [4.69, 9.17) is 28.8 Å². The standard InChI is InChI=1S/C27H34ClFN8/c1-17(13-30)9-19-10-22(25(29)23(28)11-19)24-12-20-15-37(16-35-26(20)36-24)21-5-3-18(4-6-21)14-33-7-2-8-34-27(31)32/h3-6,10-12,15,17,33H,2,7-9,13-14,16,30H2,1H3,(H,35,36)(H4,31,32,34). The number of halogens is 2. The number of H-pyrrole nitrogens is 1. The molecule has 2 aromatic carbocycles. The van der Waals surface area contributed by atoms with Gasteiger partial charge >= 0.3 is 0 Å². The van der Waals surface area contributed by atoms with Gasteiger partial charge < -0.3 is 32.4 Å². The van der Waals surface area contributed by atoms with Crippen LogP contribution in [0.2, 0.25) is 5.02 Å². The average molecular weight is 525 g/mol. The first-order valence-corrected chi connectivity index (χ1v) is 12.8. The van der Waals surface area contributed by atoms with Gasteiger partial charge in [0.15, 0.2) is 11.8 Å². The van der Waals surface area contributed by atoms with Crippen molar-refractivity contribution in [3.05, 3.63) is 75.1 Å². The molecular weight excluding hydrogens is 491 g/mol. The molecule has 0 saturated carbocycles. The lowest BCUT2D eigenvalue weighted by Gasteiger charge is -2.20. The van der Waals surface area contributed by atoms with E-state index >= 15 is 0 Å². The first-order chi connectivity index (χ1) is 17.8. The summed E-state index contributed by atoms with van der Waals surface area (Å²) in [6.45, 7) is 5.29. The van der Waals surface area contributed by atoms with Crippen LogP contribution in [0.3, 0.4) is 0 Å². The molecule has 2 heterocycles. The van der Waals surface area contributed by atoms with Gasteiger partial charge in [0.25, 0.3) is 0 Å². The maximum Gasteiger partial charge on any atom is 0.185 e. The Bertz CT molecular complexity index is 1360. The highest BCUT2D eigenvalue weighted by atomic mass is 35.5. The molecule has 3 aromatic rings. The molecule has 0 spiro atoms. The van der Waals surface area contributed by atoms with Crippen molar-refractivity contribution < 1.29 is 4.39 Å². The van der Waals surface area contributed by atoms with E-state index in [1.807, 2.05) is 18.3 Å². The minimum Gasteiger partial charge on any atom is -0.370 e. The molecule has 0 bridgehead atoms. The number of anilines is 1. The summed E-state index contributed by atoms with van der Waals surface area (Å²) >= 11 is 6.23. The largest absolute Gasteiger partial charge is 0.370 e. The molecule has 1 aliphatic heterocycles. The van der Waals surface area contributed by atoms with Gasteiger partial charge in [-0.1, -0.05) is 30.7 Å². The van der Waals surface area contributed by atoms with Crippen LogP contribution in [0.25, 0.3) is 17.5 Å². The number of nitrogens with two attached hydrogens (primary N) is 3. The van der Waals surface area contributed by atoms with Gasteiger partial charge in [-0.05, 0) is 73.3 Å². The third-order valence-electron chi connectivity index (χ3n) is 6.27. The third-order valence-corrected chi connectivity index (χ3v) is 6.55. The summed E-state index contributed by atoms with van der Waals surface area (Å²) in [6.07, 6.45) is 3.63. The molecule has 1 aromatic heterocycles. The van der Waals surface area contributed by atoms with Crippen molar-refractivity contribution in [2.24, 2.45) is 33.1 Å². The zero-order valence-corrected chi connectivity index (χ0v) is 21.7. The first-order valence-electron chi connectivity index (χ1n) is 12.4. The Morgan fingerprint density at radius 1 is 1.22 bits per heavy atom. The molecule has 4 rings (SSSR count). The second-order valence-electron chi connectivity index (χ2n) is 9.37. The van der Waals surface area contributed by atoms with Crippen LogP contribution in [0.1, 0.15) is 24.5 Å². The quantitative estimate of drug-likeness (QED) is 0.149. The summed E-state index contributed by atoms with van der Waals surface area (Å²) in [5.41, 5.74) is 21.4. The number of guanidine groups is 1. The molecule has 0 radical (unpaired) electrons. The highest BCUT2D eigenvalue weighted by Crippen LogP contribution is 2.29. The fourth-order valence-corrected chi connectivity index (χ4v) is 4.48. The Hall–Kier alpha value is -3.40. The number of hydrogen-bond acceptors (Lipinski definition) is 5. The number of aromatic nitrogens is 1. The van der Waals surface area contributed by atoms with Crippen LogP contribution in [0.15, 0.2) is 52.4 Å². The Balaban J connectivity index is 1.46. The zero-order valence-electron chi connectivity index (χ0n) is 21.0. The summed E-state index contributed by atoms with van der Waals surface area (Å²) in [5.74, 6) is -0.0403. The summed E-state index contributed by atoms with van der Waals surface area (Å²) in [4.78, 5) is 14.0. The summed E-state index contributed by atoms with van der Waals surface area (Å²) in [7, 11) is 0. The van der Waals surface area contributed by atoms with E-state index in [1.165, 1.54) is 5.56 Å². The van der Waals surface area contributed by atoms with Gasteiger partial charge in [0.1, 0.15) is 12.2 Å². The predicted octanol–water partition coefficient (Wildman–Crippen LogP) is 2.20. The van der Waals surface area contributed by atoms with Crippen LogP contribution in [0.4, 0.5) is 10.1 Å². The molecule has 8 nitrogen and oxygen atoms in total. The fourth-order valence-electron chi connectivity index (χ4n) is 4.24. The summed E-state index contributed by atoms with van der Waals surface area (Å²) in [6, 6.07) is 13.8. The van der Waals surface area contributed by atoms with Crippen molar-refractivity contribution in [3.8, 4) is 11.3 Å². The molecule has 0 fully saturated rings. The molecular formula is C27H34ClFN8. The normalized spacial score (nSPS) is 13.5. The lowest BCUT2D eigenvalue weighted by atomic mass is 9.98. The van der Waals surface area contributed by atoms with Gasteiger partial charge in [-0.3, -0.25) is 4.99 Å².